The third-order valence-corrected chi connectivity index (χ3v) is 10.8. The lowest BCUT2D eigenvalue weighted by Gasteiger charge is -2.39. The van der Waals surface area contributed by atoms with E-state index >= 15 is 0 Å². The molecule has 5 rings (SSSR count). The molecule has 3 aliphatic rings. The molecule has 3 aliphatic heterocycles. The maximum absolute atomic E-state index is 14.6. The van der Waals surface area contributed by atoms with Crippen LogP contribution in [-0.4, -0.2) is 77.3 Å². The van der Waals surface area contributed by atoms with E-state index in [1.54, 1.807) is 29.2 Å². The first-order valence-corrected chi connectivity index (χ1v) is 16.8. The van der Waals surface area contributed by atoms with Gasteiger partial charge in [0.1, 0.15) is 17.4 Å². The van der Waals surface area contributed by atoms with Crippen molar-refractivity contribution >= 4 is 34.8 Å². The minimum Gasteiger partial charge on any atom is -0.494 e. The average Bonchev–Trinajstić information content (AvgIpc) is 3.56. The van der Waals surface area contributed by atoms with Gasteiger partial charge in [-0.15, -0.1) is 0 Å². The summed E-state index contributed by atoms with van der Waals surface area (Å²) in [5, 5.41) is 16.7. The minimum atomic E-state index is -1.22. The number of rotatable bonds is 13. The second kappa shape index (κ2) is 13.2. The molecule has 0 aromatic heterocycles. The molecule has 10 heteroatoms. The number of carbonyl (C=O) groups is 3. The Morgan fingerprint density at radius 3 is 2.15 bits per heavy atom. The number of hydrogen-bond donors (Lipinski definition) is 3. The summed E-state index contributed by atoms with van der Waals surface area (Å²) in [6.07, 6.45) is 1.14. The van der Waals surface area contributed by atoms with Gasteiger partial charge in [0.05, 0.1) is 36.7 Å². The number of hydrogen-bond acceptors (Lipinski definition) is 7. The van der Waals surface area contributed by atoms with Crippen LogP contribution in [0.2, 0.25) is 0 Å². The maximum Gasteiger partial charge on any atom is 0.250 e. The van der Waals surface area contributed by atoms with Crippen LogP contribution in [0.5, 0.6) is 5.75 Å². The summed E-state index contributed by atoms with van der Waals surface area (Å²) >= 11 is 0. The number of fused-ring (bicyclic) bond motifs is 1. The average molecular weight is 635 g/mol. The highest BCUT2D eigenvalue weighted by Gasteiger charge is 2.80. The van der Waals surface area contributed by atoms with E-state index in [1.807, 2.05) is 58.9 Å². The summed E-state index contributed by atoms with van der Waals surface area (Å²) in [5.74, 6) is -2.23. The number of aliphatic hydroxyl groups is 1. The third kappa shape index (κ3) is 5.53. The maximum atomic E-state index is 14.6. The van der Waals surface area contributed by atoms with Gasteiger partial charge in [-0.25, -0.2) is 0 Å². The summed E-state index contributed by atoms with van der Waals surface area (Å²) < 4.78 is 12.4. The number of benzene rings is 2. The highest BCUT2D eigenvalue weighted by atomic mass is 16.5. The summed E-state index contributed by atoms with van der Waals surface area (Å²) in [7, 11) is 0. The topological polar surface area (TPSA) is 120 Å². The van der Waals surface area contributed by atoms with Crippen molar-refractivity contribution in [2.75, 3.05) is 41.8 Å². The standard InChI is InChI=1S/C36H50N4O6/c1-8-22(5)28(21-41)40-31(33(43)38-24-12-16-26(17-13-24)39(9-2)10-3)36-20-23(6)35(7,46-36)29(30(36)34(40)44)32(42)37-25-14-18-27(19-15-25)45-11-4/h12-19,22-23,28-31,41H,8-11,20-21H2,1-7H3,(H,37,42)(H,38,43)/t22-,23?,28-,29-,30-,31?,35+,36?/m0/s1. The lowest BCUT2D eigenvalue weighted by atomic mass is 9.62. The van der Waals surface area contributed by atoms with Crippen molar-refractivity contribution in [3.8, 4) is 5.75 Å². The van der Waals surface area contributed by atoms with Crippen LogP contribution in [0.3, 0.4) is 0 Å². The predicted molar refractivity (Wildman–Crippen MR) is 179 cm³/mol. The summed E-state index contributed by atoms with van der Waals surface area (Å²) in [6, 6.07) is 13.2. The van der Waals surface area contributed by atoms with Gasteiger partial charge >= 0.3 is 0 Å². The molecule has 0 saturated carbocycles. The molecule has 3 unspecified atom stereocenters. The number of anilines is 3. The van der Waals surface area contributed by atoms with Crippen LogP contribution in [-0.2, 0) is 19.1 Å². The van der Waals surface area contributed by atoms with Crippen LogP contribution in [0.25, 0.3) is 0 Å². The molecule has 10 nitrogen and oxygen atoms in total. The number of likely N-dealkylation sites (tertiary alicyclic amines) is 1. The van der Waals surface area contributed by atoms with Crippen molar-refractivity contribution in [1.82, 2.24) is 4.90 Å². The molecule has 8 atom stereocenters. The first-order chi connectivity index (χ1) is 22.0. The highest BCUT2D eigenvalue weighted by molar-refractivity contribution is 6.05. The van der Waals surface area contributed by atoms with E-state index in [9.17, 15) is 19.5 Å². The number of nitrogens with zero attached hydrogens (tertiary/aromatic N) is 2. The van der Waals surface area contributed by atoms with Crippen LogP contribution < -0.4 is 20.3 Å². The summed E-state index contributed by atoms with van der Waals surface area (Å²) in [4.78, 5) is 47.0. The number of ether oxygens (including phenoxy) is 2. The smallest absolute Gasteiger partial charge is 0.250 e. The zero-order chi connectivity index (χ0) is 33.4. The number of aliphatic hydroxyl groups excluding tert-OH is 1. The Hall–Kier alpha value is -3.63. The van der Waals surface area contributed by atoms with Crippen LogP contribution in [0.4, 0.5) is 17.1 Å². The first kappa shape index (κ1) is 33.7. The van der Waals surface area contributed by atoms with Gasteiger partial charge in [-0.1, -0.05) is 27.2 Å². The quantitative estimate of drug-likeness (QED) is 0.286. The van der Waals surface area contributed by atoms with Crippen LogP contribution in [0.15, 0.2) is 48.5 Å². The first-order valence-electron chi connectivity index (χ1n) is 16.8. The van der Waals surface area contributed by atoms with Crippen LogP contribution in [0.1, 0.15) is 61.3 Å². The molecule has 1 spiro atoms. The van der Waals surface area contributed by atoms with Gasteiger partial charge in [-0.3, -0.25) is 14.4 Å². The molecule has 3 N–H and O–H groups in total. The van der Waals surface area contributed by atoms with Gasteiger partial charge in [0, 0.05) is 30.2 Å². The molecular formula is C36H50N4O6. The van der Waals surface area contributed by atoms with E-state index in [0.29, 0.717) is 36.6 Å². The highest BCUT2D eigenvalue weighted by Crippen LogP contribution is 2.65. The molecule has 3 amide bonds. The Bertz CT molecular complexity index is 1410. The molecule has 3 saturated heterocycles. The van der Waals surface area contributed by atoms with Gasteiger partial charge < -0.3 is 35.0 Å². The van der Waals surface area contributed by atoms with Crippen molar-refractivity contribution in [1.29, 1.82) is 0 Å². The van der Waals surface area contributed by atoms with Crippen molar-refractivity contribution < 1.29 is 29.0 Å². The van der Waals surface area contributed by atoms with E-state index in [2.05, 4.69) is 29.4 Å². The summed E-state index contributed by atoms with van der Waals surface area (Å²) in [5.41, 5.74) is 0.0555. The van der Waals surface area contributed by atoms with Gasteiger partial charge in [0.25, 0.3) is 0 Å². The molecule has 0 aliphatic carbocycles. The van der Waals surface area contributed by atoms with Gasteiger partial charge in [0.2, 0.25) is 17.7 Å². The molecule has 2 bridgehead atoms. The second-order valence-electron chi connectivity index (χ2n) is 13.2. The number of carbonyl (C=O) groups excluding carboxylic acids is 3. The fourth-order valence-corrected chi connectivity index (χ4v) is 8.12. The van der Waals surface area contributed by atoms with E-state index in [1.165, 1.54) is 0 Å². The monoisotopic (exact) mass is 634 g/mol. The number of amides is 3. The lowest BCUT2D eigenvalue weighted by molar-refractivity contribution is -0.149. The summed E-state index contributed by atoms with van der Waals surface area (Å²) in [6.45, 7) is 15.9. The molecule has 3 heterocycles. The van der Waals surface area contributed by atoms with E-state index in [4.69, 9.17) is 9.47 Å². The normalized spacial score (nSPS) is 29.3. The van der Waals surface area contributed by atoms with E-state index in [0.717, 1.165) is 18.8 Å². The van der Waals surface area contributed by atoms with Crippen LogP contribution in [0, 0.1) is 23.7 Å². The Kier molecular flexibility index (Phi) is 9.70. The van der Waals surface area contributed by atoms with Gasteiger partial charge in [-0.05, 0) is 94.5 Å². The van der Waals surface area contributed by atoms with Crippen molar-refractivity contribution in [2.24, 2.45) is 23.7 Å². The largest absolute Gasteiger partial charge is 0.494 e. The van der Waals surface area contributed by atoms with Gasteiger partial charge in [0.15, 0.2) is 0 Å². The molecule has 2 aromatic carbocycles. The minimum absolute atomic E-state index is 0.0887. The lowest BCUT2D eigenvalue weighted by Crippen LogP contribution is -2.57. The van der Waals surface area contributed by atoms with Gasteiger partial charge in [-0.2, -0.15) is 0 Å². The molecule has 46 heavy (non-hydrogen) atoms. The van der Waals surface area contributed by atoms with Crippen molar-refractivity contribution in [2.45, 2.75) is 84.6 Å². The SMILES string of the molecule is CCOc1ccc(NC(=O)[C@@H]2[C@H]3C(=O)N([C@@H](CO)[C@@H](C)CC)C(C(=O)Nc4ccc(N(CC)CC)cc4)C34CC(C)[C@@]2(C)O4)cc1. The van der Waals surface area contributed by atoms with Crippen LogP contribution >= 0.6 is 0 Å². The molecule has 0 radical (unpaired) electrons. The Morgan fingerprint density at radius 2 is 1.61 bits per heavy atom. The second-order valence-corrected chi connectivity index (χ2v) is 13.2. The van der Waals surface area contributed by atoms with Crippen molar-refractivity contribution in [3.05, 3.63) is 48.5 Å². The number of nitrogens with one attached hydrogen (secondary N) is 2. The van der Waals surface area contributed by atoms with E-state index < -0.39 is 35.1 Å². The molecule has 3 fully saturated rings. The zero-order valence-corrected chi connectivity index (χ0v) is 28.2. The third-order valence-electron chi connectivity index (χ3n) is 10.8. The molecule has 250 valence electrons. The zero-order valence-electron chi connectivity index (χ0n) is 28.2. The molecule has 2 aromatic rings. The predicted octanol–water partition coefficient (Wildman–Crippen LogP) is 4.93. The Morgan fingerprint density at radius 1 is 1.02 bits per heavy atom. The van der Waals surface area contributed by atoms with Crippen molar-refractivity contribution in [3.63, 3.8) is 0 Å². The van der Waals surface area contributed by atoms with E-state index in [-0.39, 0.29) is 36.2 Å². The fourth-order valence-electron chi connectivity index (χ4n) is 8.12. The fraction of sp³-hybridized carbons (Fsp3) is 0.583. The Labute approximate surface area is 272 Å². The molecular weight excluding hydrogens is 584 g/mol. The Balaban J connectivity index is 1.51.